The summed E-state index contributed by atoms with van der Waals surface area (Å²) in [6.07, 6.45) is 2.17. The predicted molar refractivity (Wildman–Crippen MR) is 109 cm³/mol. The fraction of sp³-hybridized carbons (Fsp3) is 0.905. The molecule has 3 rings (SSSR count). The van der Waals surface area contributed by atoms with E-state index in [0.717, 1.165) is 19.2 Å². The summed E-state index contributed by atoms with van der Waals surface area (Å²) in [4.78, 5) is 26.8. The van der Waals surface area contributed by atoms with Crippen molar-refractivity contribution < 1.29 is 28.4 Å². The fourth-order valence-electron chi connectivity index (χ4n) is 4.93. The van der Waals surface area contributed by atoms with Crippen molar-refractivity contribution in [3.63, 3.8) is 0 Å². The second-order valence-electron chi connectivity index (χ2n) is 10.8. The number of hydrogen-bond donors (Lipinski definition) is 0. The van der Waals surface area contributed by atoms with Gasteiger partial charge in [0.15, 0.2) is 0 Å². The van der Waals surface area contributed by atoms with Crippen LogP contribution < -0.4 is 0 Å². The molecule has 8 heteroatoms. The van der Waals surface area contributed by atoms with Gasteiger partial charge in [-0.05, 0) is 85.4 Å². The number of likely N-dealkylation sites (tertiary alicyclic amines) is 1. The number of hydrogen-bond acceptors (Lipinski definition) is 6. The monoisotopic (exact) mass is 409 g/mol. The largest absolute Gasteiger partial charge is 0.467 e. The molecule has 7 nitrogen and oxygen atoms in total. The molecule has 0 bridgehead atoms. The van der Waals surface area contributed by atoms with Gasteiger partial charge in [-0.3, -0.25) is 4.90 Å². The Bertz CT molecular complexity index is 642. The highest BCUT2D eigenvalue weighted by Crippen LogP contribution is 2.49. The molecule has 2 saturated heterocycles. The molecule has 0 aromatic rings. The van der Waals surface area contributed by atoms with Crippen molar-refractivity contribution in [2.24, 2.45) is 17.8 Å². The van der Waals surface area contributed by atoms with Crippen LogP contribution in [0.5, 0.6) is 0 Å². The Balaban J connectivity index is 1.66. The summed E-state index contributed by atoms with van der Waals surface area (Å²) in [6.45, 7) is 14.2. The van der Waals surface area contributed by atoms with E-state index < -0.39 is 17.7 Å². The van der Waals surface area contributed by atoms with E-state index in [4.69, 9.17) is 18.8 Å². The quantitative estimate of drug-likeness (QED) is 0.525. The summed E-state index contributed by atoms with van der Waals surface area (Å²) in [6, 6.07) is -0.580. The van der Waals surface area contributed by atoms with Crippen molar-refractivity contribution in [2.45, 2.75) is 90.5 Å². The Labute approximate surface area is 174 Å². The Morgan fingerprint density at radius 3 is 2.21 bits per heavy atom. The summed E-state index contributed by atoms with van der Waals surface area (Å²) in [7, 11) is 1.14. The van der Waals surface area contributed by atoms with Crippen LogP contribution in [0.1, 0.15) is 61.3 Å². The molecule has 4 atom stereocenters. The van der Waals surface area contributed by atoms with Gasteiger partial charge >= 0.3 is 19.2 Å². The van der Waals surface area contributed by atoms with Gasteiger partial charge in [-0.15, -0.1) is 0 Å². The Morgan fingerprint density at radius 2 is 1.69 bits per heavy atom. The zero-order valence-electron chi connectivity index (χ0n) is 19.1. The predicted octanol–water partition coefficient (Wildman–Crippen LogP) is 3.51. The van der Waals surface area contributed by atoms with Crippen LogP contribution in [0.15, 0.2) is 0 Å². The lowest BCUT2D eigenvalue weighted by Gasteiger charge is -2.32. The first kappa shape index (κ1) is 22.4. The van der Waals surface area contributed by atoms with Crippen LogP contribution in [0.2, 0.25) is 6.32 Å². The topological polar surface area (TPSA) is 74.3 Å². The van der Waals surface area contributed by atoms with Crippen molar-refractivity contribution in [2.75, 3.05) is 13.7 Å². The molecule has 164 valence electrons. The molecule has 1 amide bonds. The van der Waals surface area contributed by atoms with Gasteiger partial charge in [0.25, 0.3) is 0 Å². The van der Waals surface area contributed by atoms with E-state index in [2.05, 4.69) is 27.7 Å². The normalized spacial score (nSPS) is 33.0. The molecule has 3 fully saturated rings. The van der Waals surface area contributed by atoms with Gasteiger partial charge in [0.05, 0.1) is 18.3 Å². The van der Waals surface area contributed by atoms with Crippen LogP contribution in [-0.2, 0) is 23.6 Å². The lowest BCUT2D eigenvalue weighted by atomic mass is 9.76. The third-order valence-electron chi connectivity index (χ3n) is 6.92. The standard InChI is InChI=1S/C21H36BNO6/c1-19(2,3)27-18(25)23-12-14-9-13(10-15(14)16(23)17(24)26-8)11-22-28-20(4,5)21(6,7)29-22/h13-16H,9-12H2,1-8H3/t13?,14-,15-,16?/m1/s1. The van der Waals surface area contributed by atoms with E-state index in [1.54, 1.807) is 4.90 Å². The zero-order valence-corrected chi connectivity index (χ0v) is 19.1. The van der Waals surface area contributed by atoms with Crippen LogP contribution >= 0.6 is 0 Å². The number of ether oxygens (including phenoxy) is 2. The number of amides is 1. The summed E-state index contributed by atoms with van der Waals surface area (Å²) >= 11 is 0. The summed E-state index contributed by atoms with van der Waals surface area (Å²) < 4.78 is 22.9. The minimum absolute atomic E-state index is 0.0855. The van der Waals surface area contributed by atoms with Gasteiger partial charge < -0.3 is 18.8 Å². The number of nitrogens with zero attached hydrogens (tertiary/aromatic N) is 1. The first-order chi connectivity index (χ1) is 13.2. The summed E-state index contributed by atoms with van der Waals surface area (Å²) in [5.41, 5.74) is -1.28. The Kier molecular flexibility index (Phi) is 5.76. The highest BCUT2D eigenvalue weighted by Gasteiger charge is 2.56. The molecule has 1 aliphatic carbocycles. The molecule has 2 aliphatic heterocycles. The average molecular weight is 409 g/mol. The van der Waals surface area contributed by atoms with E-state index >= 15 is 0 Å². The molecule has 0 aromatic heterocycles. The molecular weight excluding hydrogens is 373 g/mol. The van der Waals surface area contributed by atoms with E-state index in [-0.39, 0.29) is 36.1 Å². The smallest absolute Gasteiger partial charge is 0.458 e. The van der Waals surface area contributed by atoms with Gasteiger partial charge in [-0.2, -0.15) is 0 Å². The summed E-state index contributed by atoms with van der Waals surface area (Å²) in [5.74, 6) is 0.383. The van der Waals surface area contributed by atoms with Gasteiger partial charge in [0, 0.05) is 6.54 Å². The maximum absolute atomic E-state index is 12.7. The van der Waals surface area contributed by atoms with Crippen molar-refractivity contribution in [3.8, 4) is 0 Å². The minimum Gasteiger partial charge on any atom is -0.467 e. The fourth-order valence-corrected chi connectivity index (χ4v) is 4.93. The van der Waals surface area contributed by atoms with Crippen LogP contribution in [-0.4, -0.2) is 60.6 Å². The minimum atomic E-state index is -0.602. The highest BCUT2D eigenvalue weighted by molar-refractivity contribution is 6.45. The Morgan fingerprint density at radius 1 is 1.10 bits per heavy atom. The number of carbonyl (C=O) groups excluding carboxylic acids is 2. The molecule has 0 radical (unpaired) electrons. The number of fused-ring (bicyclic) bond motifs is 1. The second-order valence-corrected chi connectivity index (χ2v) is 10.8. The second kappa shape index (κ2) is 7.45. The Hall–Kier alpha value is -1.28. The molecule has 0 aromatic carbocycles. The SMILES string of the molecule is COC(=O)C1[C@@H]2CC(CB3OC(C)(C)C(C)(C)O3)C[C@@H]2CN1C(=O)OC(C)(C)C. The van der Waals surface area contributed by atoms with E-state index in [1.807, 2.05) is 20.8 Å². The first-order valence-corrected chi connectivity index (χ1v) is 10.7. The van der Waals surface area contributed by atoms with Crippen molar-refractivity contribution in [3.05, 3.63) is 0 Å². The van der Waals surface area contributed by atoms with Crippen LogP contribution in [0.4, 0.5) is 4.79 Å². The summed E-state index contributed by atoms with van der Waals surface area (Å²) in [5, 5.41) is 0. The number of carbonyl (C=O) groups is 2. The highest BCUT2D eigenvalue weighted by atomic mass is 16.7. The van der Waals surface area contributed by atoms with E-state index in [0.29, 0.717) is 12.5 Å². The van der Waals surface area contributed by atoms with Crippen molar-refractivity contribution >= 4 is 19.2 Å². The number of esters is 1. The molecule has 2 unspecified atom stereocenters. The van der Waals surface area contributed by atoms with Gasteiger partial charge in [-0.1, -0.05) is 0 Å². The van der Waals surface area contributed by atoms with Crippen LogP contribution in [0.3, 0.4) is 0 Å². The molecule has 0 N–H and O–H groups in total. The van der Waals surface area contributed by atoms with Gasteiger partial charge in [-0.25, -0.2) is 9.59 Å². The molecule has 1 saturated carbocycles. The molecule has 3 aliphatic rings. The van der Waals surface area contributed by atoms with Crippen LogP contribution in [0.25, 0.3) is 0 Å². The average Bonchev–Trinajstić information content (AvgIpc) is 3.13. The zero-order chi connectivity index (χ0) is 21.8. The first-order valence-electron chi connectivity index (χ1n) is 10.7. The molecule has 0 spiro atoms. The van der Waals surface area contributed by atoms with E-state index in [1.165, 1.54) is 7.11 Å². The number of methoxy groups -OCH3 is 1. The van der Waals surface area contributed by atoms with Crippen LogP contribution in [0, 0.1) is 17.8 Å². The lowest BCUT2D eigenvalue weighted by Crippen LogP contribution is -2.46. The van der Waals surface area contributed by atoms with Crippen molar-refractivity contribution in [1.82, 2.24) is 4.90 Å². The van der Waals surface area contributed by atoms with Gasteiger partial charge in [0.2, 0.25) is 0 Å². The molecule has 2 heterocycles. The molecular formula is C21H36BNO6. The number of rotatable bonds is 3. The van der Waals surface area contributed by atoms with Gasteiger partial charge in [0.1, 0.15) is 11.6 Å². The maximum Gasteiger partial charge on any atom is 0.458 e. The van der Waals surface area contributed by atoms with E-state index in [9.17, 15) is 9.59 Å². The maximum atomic E-state index is 12.7. The third kappa shape index (κ3) is 4.43. The lowest BCUT2D eigenvalue weighted by molar-refractivity contribution is -0.147. The van der Waals surface area contributed by atoms with Crippen molar-refractivity contribution in [1.29, 1.82) is 0 Å². The third-order valence-corrected chi connectivity index (χ3v) is 6.92. The molecule has 29 heavy (non-hydrogen) atoms.